The molecule has 0 aliphatic rings. The van der Waals surface area contributed by atoms with Crippen molar-refractivity contribution in [3.05, 3.63) is 30.6 Å². The van der Waals surface area contributed by atoms with Gasteiger partial charge in [-0.1, -0.05) is 19.1 Å². The Hall–Kier alpha value is -1.35. The summed E-state index contributed by atoms with van der Waals surface area (Å²) in [6, 6.07) is 8.08. The minimum Gasteiger partial charge on any atom is -0.358 e. The molecule has 0 saturated heterocycles. The molecular formula is C12H16N2O. The van der Waals surface area contributed by atoms with Crippen LogP contribution in [0.3, 0.4) is 0 Å². The lowest BCUT2D eigenvalue weighted by Gasteiger charge is -2.11. The maximum absolute atomic E-state index is 5.67. The van der Waals surface area contributed by atoms with Crippen molar-refractivity contribution in [3.63, 3.8) is 0 Å². The minimum atomic E-state index is 0.297. The second kappa shape index (κ2) is 4.45. The molecule has 80 valence electrons. The quantitative estimate of drug-likeness (QED) is 0.765. The molecule has 1 atom stereocenters. The molecule has 0 saturated carbocycles. The van der Waals surface area contributed by atoms with Crippen LogP contribution in [0.4, 0.5) is 0 Å². The van der Waals surface area contributed by atoms with E-state index in [1.54, 1.807) is 0 Å². The number of para-hydroxylation sites is 2. The highest BCUT2D eigenvalue weighted by Crippen LogP contribution is 2.12. The molecule has 0 spiro atoms. The first kappa shape index (κ1) is 10.2. The Morgan fingerprint density at radius 1 is 1.40 bits per heavy atom. The topological polar surface area (TPSA) is 27.1 Å². The van der Waals surface area contributed by atoms with Gasteiger partial charge >= 0.3 is 0 Å². The van der Waals surface area contributed by atoms with E-state index in [4.69, 9.17) is 4.74 Å². The van der Waals surface area contributed by atoms with Crippen molar-refractivity contribution in [2.75, 3.05) is 0 Å². The first-order chi connectivity index (χ1) is 7.31. The highest BCUT2D eigenvalue weighted by molar-refractivity contribution is 5.74. The molecule has 1 aromatic carbocycles. The fraction of sp³-hybridized carbons (Fsp3) is 0.417. The first-order valence-electron chi connectivity index (χ1n) is 5.32. The predicted octanol–water partition coefficient (Wildman–Crippen LogP) is 2.81. The van der Waals surface area contributed by atoms with Gasteiger partial charge in [0.05, 0.1) is 23.5 Å². The van der Waals surface area contributed by atoms with Crippen LogP contribution >= 0.6 is 0 Å². The van der Waals surface area contributed by atoms with E-state index >= 15 is 0 Å². The molecule has 3 heteroatoms. The van der Waals surface area contributed by atoms with Gasteiger partial charge < -0.3 is 9.30 Å². The summed E-state index contributed by atoms with van der Waals surface area (Å²) in [6.07, 6.45) is 3.16. The van der Waals surface area contributed by atoms with Gasteiger partial charge in [-0.05, 0) is 25.5 Å². The Morgan fingerprint density at radius 3 is 3.00 bits per heavy atom. The third kappa shape index (κ3) is 2.18. The van der Waals surface area contributed by atoms with Gasteiger partial charge in [0.1, 0.15) is 6.73 Å². The summed E-state index contributed by atoms with van der Waals surface area (Å²) in [5.41, 5.74) is 2.14. The van der Waals surface area contributed by atoms with Crippen molar-refractivity contribution in [1.29, 1.82) is 0 Å². The number of nitrogens with zero attached hydrogens (tertiary/aromatic N) is 2. The molecule has 3 nitrogen and oxygen atoms in total. The van der Waals surface area contributed by atoms with Crippen molar-refractivity contribution in [1.82, 2.24) is 9.55 Å². The molecular weight excluding hydrogens is 188 g/mol. The number of fused-ring (bicyclic) bond motifs is 1. The predicted molar refractivity (Wildman–Crippen MR) is 60.6 cm³/mol. The maximum Gasteiger partial charge on any atom is 0.124 e. The Kier molecular flexibility index (Phi) is 3.02. The lowest BCUT2D eigenvalue weighted by molar-refractivity contribution is 0.0179. The minimum absolute atomic E-state index is 0.297. The molecule has 0 bridgehead atoms. The third-order valence-corrected chi connectivity index (χ3v) is 2.60. The summed E-state index contributed by atoms with van der Waals surface area (Å²) >= 11 is 0. The number of hydrogen-bond donors (Lipinski definition) is 0. The standard InChI is InChI=1S/C12H16N2O/c1-3-10(2)15-9-14-8-13-11-6-4-5-7-12(11)14/h4-8,10H,3,9H2,1-2H3. The zero-order valence-corrected chi connectivity index (χ0v) is 9.18. The average Bonchev–Trinajstić information content (AvgIpc) is 2.69. The summed E-state index contributed by atoms with van der Waals surface area (Å²) in [5.74, 6) is 0. The Labute approximate surface area is 89.7 Å². The molecule has 0 aliphatic heterocycles. The van der Waals surface area contributed by atoms with Gasteiger partial charge in [-0.3, -0.25) is 0 Å². The van der Waals surface area contributed by atoms with Crippen molar-refractivity contribution in [2.24, 2.45) is 0 Å². The number of benzene rings is 1. The summed E-state index contributed by atoms with van der Waals surface area (Å²) in [7, 11) is 0. The van der Waals surface area contributed by atoms with Gasteiger partial charge in [0.25, 0.3) is 0 Å². The smallest absolute Gasteiger partial charge is 0.124 e. The zero-order valence-electron chi connectivity index (χ0n) is 9.18. The SMILES string of the molecule is CCC(C)OCn1cnc2ccccc21. The van der Waals surface area contributed by atoms with E-state index < -0.39 is 0 Å². The van der Waals surface area contributed by atoms with Crippen LogP contribution in [0, 0.1) is 0 Å². The van der Waals surface area contributed by atoms with Crippen LogP contribution in [0.1, 0.15) is 20.3 Å². The van der Waals surface area contributed by atoms with Gasteiger partial charge in [-0.15, -0.1) is 0 Å². The van der Waals surface area contributed by atoms with Crippen LogP contribution in [0.2, 0.25) is 0 Å². The molecule has 0 amide bonds. The van der Waals surface area contributed by atoms with Crippen molar-refractivity contribution >= 4 is 11.0 Å². The molecule has 0 N–H and O–H groups in total. The summed E-state index contributed by atoms with van der Waals surface area (Å²) in [4.78, 5) is 4.31. The number of rotatable bonds is 4. The summed E-state index contributed by atoms with van der Waals surface area (Å²) < 4.78 is 7.70. The Morgan fingerprint density at radius 2 is 2.20 bits per heavy atom. The fourth-order valence-corrected chi connectivity index (χ4v) is 1.44. The van der Waals surface area contributed by atoms with Crippen molar-refractivity contribution in [3.8, 4) is 0 Å². The monoisotopic (exact) mass is 204 g/mol. The van der Waals surface area contributed by atoms with Crippen LogP contribution in [0.15, 0.2) is 30.6 Å². The lowest BCUT2D eigenvalue weighted by atomic mass is 10.3. The van der Waals surface area contributed by atoms with Gasteiger partial charge in [0.15, 0.2) is 0 Å². The largest absolute Gasteiger partial charge is 0.358 e. The average molecular weight is 204 g/mol. The van der Waals surface area contributed by atoms with E-state index in [2.05, 4.69) is 24.9 Å². The van der Waals surface area contributed by atoms with Gasteiger partial charge in [-0.2, -0.15) is 0 Å². The molecule has 0 aliphatic carbocycles. The van der Waals surface area contributed by atoms with Crippen molar-refractivity contribution < 1.29 is 4.74 Å². The number of imidazole rings is 1. The van der Waals surface area contributed by atoms with Gasteiger partial charge in [0.2, 0.25) is 0 Å². The fourth-order valence-electron chi connectivity index (χ4n) is 1.44. The van der Waals surface area contributed by atoms with Crippen LogP contribution in [0.5, 0.6) is 0 Å². The van der Waals surface area contributed by atoms with E-state index in [1.165, 1.54) is 0 Å². The molecule has 0 radical (unpaired) electrons. The first-order valence-corrected chi connectivity index (χ1v) is 5.32. The van der Waals surface area contributed by atoms with Crippen LogP contribution in [0.25, 0.3) is 11.0 Å². The third-order valence-electron chi connectivity index (χ3n) is 2.60. The van der Waals surface area contributed by atoms with E-state index in [9.17, 15) is 0 Å². The normalized spacial score (nSPS) is 13.2. The molecule has 15 heavy (non-hydrogen) atoms. The van der Waals surface area contributed by atoms with Gasteiger partial charge in [0, 0.05) is 0 Å². The van der Waals surface area contributed by atoms with E-state index in [0.29, 0.717) is 12.8 Å². The summed E-state index contributed by atoms with van der Waals surface area (Å²) in [6.45, 7) is 4.78. The van der Waals surface area contributed by atoms with Crippen LogP contribution < -0.4 is 0 Å². The molecule has 1 unspecified atom stereocenters. The molecule has 0 fully saturated rings. The molecule has 1 heterocycles. The lowest BCUT2D eigenvalue weighted by Crippen LogP contribution is -2.10. The molecule has 1 aromatic heterocycles. The highest BCUT2D eigenvalue weighted by Gasteiger charge is 2.02. The Bertz CT molecular complexity index is 436. The highest BCUT2D eigenvalue weighted by atomic mass is 16.5. The molecule has 2 rings (SSSR count). The Balaban J connectivity index is 2.14. The van der Waals surface area contributed by atoms with E-state index in [1.807, 2.05) is 29.1 Å². The number of aromatic nitrogens is 2. The molecule has 2 aromatic rings. The second-order valence-corrected chi connectivity index (χ2v) is 3.72. The maximum atomic E-state index is 5.67. The van der Waals surface area contributed by atoms with E-state index in [-0.39, 0.29) is 0 Å². The van der Waals surface area contributed by atoms with Crippen molar-refractivity contribution in [2.45, 2.75) is 33.1 Å². The number of hydrogen-bond acceptors (Lipinski definition) is 2. The second-order valence-electron chi connectivity index (χ2n) is 3.72. The number of ether oxygens (including phenoxy) is 1. The van der Waals surface area contributed by atoms with Gasteiger partial charge in [-0.25, -0.2) is 4.98 Å². The zero-order chi connectivity index (χ0) is 10.7. The van der Waals surface area contributed by atoms with Crippen LogP contribution in [-0.2, 0) is 11.5 Å². The van der Waals surface area contributed by atoms with E-state index in [0.717, 1.165) is 17.5 Å². The van der Waals surface area contributed by atoms with Crippen LogP contribution in [-0.4, -0.2) is 15.7 Å². The summed E-state index contributed by atoms with van der Waals surface area (Å²) in [5, 5.41) is 0.